The molecule has 1 aromatic heterocycles. The number of carbonyl (C=O) groups is 1. The SMILES string of the molecule is COC(CN1CCN(c2cccc(-n3cnc4cc(C(C)=O)ccc43)c2)CC1)=NOC(C)C. The van der Waals surface area contributed by atoms with Crippen LogP contribution in [0.5, 0.6) is 0 Å². The number of nitrogens with zero attached hydrogens (tertiary/aromatic N) is 5. The third-order valence-corrected chi connectivity index (χ3v) is 5.76. The average molecular weight is 450 g/mol. The van der Waals surface area contributed by atoms with E-state index in [1.165, 1.54) is 5.69 Å². The second-order valence-electron chi connectivity index (χ2n) is 8.50. The Morgan fingerprint density at radius 3 is 2.55 bits per heavy atom. The molecule has 2 heterocycles. The lowest BCUT2D eigenvalue weighted by Gasteiger charge is -2.36. The Kier molecular flexibility index (Phi) is 6.93. The van der Waals surface area contributed by atoms with E-state index in [0.717, 1.165) is 42.9 Å². The van der Waals surface area contributed by atoms with Gasteiger partial charge in [0, 0.05) is 43.1 Å². The minimum absolute atomic E-state index is 0.0306. The van der Waals surface area contributed by atoms with Crippen LogP contribution in [0.15, 0.2) is 53.9 Å². The zero-order valence-electron chi connectivity index (χ0n) is 19.7. The minimum atomic E-state index is 0.0306. The lowest BCUT2D eigenvalue weighted by molar-refractivity contribution is 0.0773. The summed E-state index contributed by atoms with van der Waals surface area (Å²) in [6.45, 7) is 9.76. The number of piperazine rings is 1. The number of Topliss-reactive ketones (excluding diaryl/α,β-unsaturated/α-hetero) is 1. The molecule has 0 saturated carbocycles. The number of benzene rings is 2. The summed E-state index contributed by atoms with van der Waals surface area (Å²) in [4.78, 5) is 26.2. The van der Waals surface area contributed by atoms with Gasteiger partial charge < -0.3 is 14.5 Å². The third-order valence-electron chi connectivity index (χ3n) is 5.76. The second-order valence-corrected chi connectivity index (χ2v) is 8.50. The zero-order valence-corrected chi connectivity index (χ0v) is 19.7. The molecule has 33 heavy (non-hydrogen) atoms. The number of ketones is 1. The van der Waals surface area contributed by atoms with Crippen molar-refractivity contribution in [2.24, 2.45) is 5.16 Å². The average Bonchev–Trinajstić information content (AvgIpc) is 3.25. The number of ether oxygens (including phenoxy) is 1. The summed E-state index contributed by atoms with van der Waals surface area (Å²) in [7, 11) is 1.63. The van der Waals surface area contributed by atoms with Gasteiger partial charge in [0.15, 0.2) is 5.78 Å². The number of carbonyl (C=O) groups excluding carboxylic acids is 1. The Hall–Kier alpha value is -3.39. The predicted molar refractivity (Wildman–Crippen MR) is 130 cm³/mol. The van der Waals surface area contributed by atoms with Gasteiger partial charge in [0.2, 0.25) is 5.90 Å². The van der Waals surface area contributed by atoms with Crippen LogP contribution < -0.4 is 4.90 Å². The topological polar surface area (TPSA) is 72.2 Å². The summed E-state index contributed by atoms with van der Waals surface area (Å²) in [6, 6.07) is 14.2. The number of imidazole rings is 1. The van der Waals surface area contributed by atoms with E-state index < -0.39 is 0 Å². The Labute approximate surface area is 194 Å². The molecule has 1 aliphatic heterocycles. The molecule has 1 fully saturated rings. The lowest BCUT2D eigenvalue weighted by atomic mass is 10.1. The van der Waals surface area contributed by atoms with Gasteiger partial charge in [0.05, 0.1) is 24.7 Å². The maximum absolute atomic E-state index is 11.7. The predicted octanol–water partition coefficient (Wildman–Crippen LogP) is 3.74. The molecule has 2 aromatic carbocycles. The third kappa shape index (κ3) is 5.34. The number of fused-ring (bicyclic) bond motifs is 1. The van der Waals surface area contributed by atoms with Crippen molar-refractivity contribution in [1.82, 2.24) is 14.5 Å². The molecule has 0 spiro atoms. The van der Waals surface area contributed by atoms with Gasteiger partial charge in [0.1, 0.15) is 12.4 Å². The molecule has 0 radical (unpaired) electrons. The van der Waals surface area contributed by atoms with E-state index in [-0.39, 0.29) is 11.9 Å². The molecule has 0 atom stereocenters. The van der Waals surface area contributed by atoms with Crippen LogP contribution >= 0.6 is 0 Å². The first-order valence-corrected chi connectivity index (χ1v) is 11.3. The maximum Gasteiger partial charge on any atom is 0.239 e. The van der Waals surface area contributed by atoms with Crippen LogP contribution in [-0.4, -0.2) is 72.1 Å². The first kappa shape index (κ1) is 22.8. The number of hydrogen-bond donors (Lipinski definition) is 0. The van der Waals surface area contributed by atoms with Crippen molar-refractivity contribution in [3.05, 3.63) is 54.4 Å². The Bertz CT molecular complexity index is 1150. The van der Waals surface area contributed by atoms with Crippen molar-refractivity contribution in [1.29, 1.82) is 0 Å². The minimum Gasteiger partial charge on any atom is -0.481 e. The zero-order chi connectivity index (χ0) is 23.4. The molecular weight excluding hydrogens is 418 g/mol. The van der Waals surface area contributed by atoms with Gasteiger partial charge in [0.25, 0.3) is 0 Å². The Balaban J connectivity index is 1.45. The molecule has 0 bridgehead atoms. The molecule has 0 N–H and O–H groups in total. The normalized spacial score (nSPS) is 15.3. The quantitative estimate of drug-likeness (QED) is 0.237. The van der Waals surface area contributed by atoms with Gasteiger partial charge in [-0.05, 0) is 57.2 Å². The number of oxime groups is 1. The molecular formula is C25H31N5O3. The lowest BCUT2D eigenvalue weighted by Crippen LogP contribution is -2.48. The van der Waals surface area contributed by atoms with Crippen LogP contribution in [0.1, 0.15) is 31.1 Å². The second kappa shape index (κ2) is 10.0. The standard InChI is InChI=1S/C25H31N5O3/c1-18(2)33-27-25(32-4)16-28-10-12-29(13-11-28)21-6-5-7-22(15-21)30-17-26-23-14-20(19(3)31)8-9-24(23)30/h5-9,14-15,17-18H,10-13,16H2,1-4H3. The van der Waals surface area contributed by atoms with Crippen molar-refractivity contribution in [3.8, 4) is 5.69 Å². The van der Waals surface area contributed by atoms with Gasteiger partial charge >= 0.3 is 0 Å². The van der Waals surface area contributed by atoms with Gasteiger partial charge in [-0.1, -0.05) is 11.2 Å². The fourth-order valence-electron chi connectivity index (χ4n) is 3.93. The smallest absolute Gasteiger partial charge is 0.239 e. The van der Waals surface area contributed by atoms with Crippen molar-refractivity contribution >= 4 is 28.4 Å². The van der Waals surface area contributed by atoms with Gasteiger partial charge in [-0.3, -0.25) is 14.3 Å². The molecule has 0 unspecified atom stereocenters. The molecule has 3 aromatic rings. The first-order chi connectivity index (χ1) is 15.9. The summed E-state index contributed by atoms with van der Waals surface area (Å²) >= 11 is 0. The molecule has 8 heteroatoms. The summed E-state index contributed by atoms with van der Waals surface area (Å²) in [5.74, 6) is 0.642. The van der Waals surface area contributed by atoms with E-state index in [9.17, 15) is 4.79 Å². The van der Waals surface area contributed by atoms with Crippen LogP contribution in [0.3, 0.4) is 0 Å². The highest BCUT2D eigenvalue weighted by Crippen LogP contribution is 2.24. The maximum atomic E-state index is 11.7. The summed E-state index contributed by atoms with van der Waals surface area (Å²) in [5, 5.41) is 4.10. The van der Waals surface area contributed by atoms with E-state index in [1.807, 2.05) is 38.4 Å². The highest BCUT2D eigenvalue weighted by Gasteiger charge is 2.20. The monoisotopic (exact) mass is 449 g/mol. The molecule has 1 saturated heterocycles. The van der Waals surface area contributed by atoms with Crippen molar-refractivity contribution in [2.45, 2.75) is 26.9 Å². The number of aromatic nitrogens is 2. The van der Waals surface area contributed by atoms with Crippen molar-refractivity contribution < 1.29 is 14.4 Å². The summed E-state index contributed by atoms with van der Waals surface area (Å²) in [6.07, 6.45) is 1.85. The van der Waals surface area contributed by atoms with Crippen LogP contribution in [0.4, 0.5) is 5.69 Å². The summed E-state index contributed by atoms with van der Waals surface area (Å²) in [5.41, 5.74) is 4.71. The molecule has 174 valence electrons. The molecule has 8 nitrogen and oxygen atoms in total. The highest BCUT2D eigenvalue weighted by atomic mass is 16.7. The fraction of sp³-hybridized carbons (Fsp3) is 0.400. The number of anilines is 1. The van der Waals surface area contributed by atoms with Gasteiger partial charge in [-0.15, -0.1) is 0 Å². The van der Waals surface area contributed by atoms with Crippen LogP contribution in [0.2, 0.25) is 0 Å². The van der Waals surface area contributed by atoms with E-state index in [4.69, 9.17) is 9.57 Å². The number of hydrogen-bond acceptors (Lipinski definition) is 7. The van der Waals surface area contributed by atoms with Gasteiger partial charge in [-0.25, -0.2) is 4.98 Å². The van der Waals surface area contributed by atoms with E-state index in [0.29, 0.717) is 18.0 Å². The number of methoxy groups -OCH3 is 1. The number of rotatable bonds is 7. The van der Waals surface area contributed by atoms with E-state index >= 15 is 0 Å². The highest BCUT2D eigenvalue weighted by molar-refractivity contribution is 5.97. The van der Waals surface area contributed by atoms with Crippen LogP contribution in [0.25, 0.3) is 16.7 Å². The van der Waals surface area contributed by atoms with E-state index in [2.05, 4.69) is 48.8 Å². The largest absolute Gasteiger partial charge is 0.481 e. The molecule has 0 aliphatic carbocycles. The molecule has 1 aliphatic rings. The van der Waals surface area contributed by atoms with E-state index in [1.54, 1.807) is 14.0 Å². The Morgan fingerprint density at radius 2 is 1.85 bits per heavy atom. The van der Waals surface area contributed by atoms with Crippen LogP contribution in [-0.2, 0) is 9.57 Å². The Morgan fingerprint density at radius 1 is 1.09 bits per heavy atom. The fourth-order valence-corrected chi connectivity index (χ4v) is 3.93. The molecule has 0 amide bonds. The van der Waals surface area contributed by atoms with Crippen molar-refractivity contribution in [3.63, 3.8) is 0 Å². The van der Waals surface area contributed by atoms with Crippen LogP contribution in [0, 0.1) is 0 Å². The van der Waals surface area contributed by atoms with Gasteiger partial charge in [-0.2, -0.15) is 0 Å². The first-order valence-electron chi connectivity index (χ1n) is 11.3. The molecule has 4 rings (SSSR count). The summed E-state index contributed by atoms with van der Waals surface area (Å²) < 4.78 is 7.43. The van der Waals surface area contributed by atoms with Crippen molar-refractivity contribution in [2.75, 3.05) is 44.7 Å².